The number of aromatic hydroxyl groups is 1. The standard InChI is InChI=1S/C17H18O6S/c1-12-3-6-14(7-4-12)24(21,22)10-2-9-23-13-5-8-16(18)15(11-13)17(19)20/h3-8,11,18H,2,9-10H2,1H3,(H,19,20). The molecule has 0 unspecified atom stereocenters. The molecule has 0 saturated heterocycles. The third-order valence-electron chi connectivity index (χ3n) is 3.40. The molecular formula is C17H18O6S. The van der Waals surface area contributed by atoms with E-state index in [1.165, 1.54) is 18.2 Å². The smallest absolute Gasteiger partial charge is 0.339 e. The van der Waals surface area contributed by atoms with Crippen LogP contribution in [0.2, 0.25) is 0 Å². The van der Waals surface area contributed by atoms with Gasteiger partial charge in [-0.05, 0) is 43.7 Å². The summed E-state index contributed by atoms with van der Waals surface area (Å²) >= 11 is 0. The van der Waals surface area contributed by atoms with Crippen molar-refractivity contribution in [3.8, 4) is 11.5 Å². The highest BCUT2D eigenvalue weighted by Gasteiger charge is 2.14. The summed E-state index contributed by atoms with van der Waals surface area (Å²) in [6, 6.07) is 10.5. The fourth-order valence-corrected chi connectivity index (χ4v) is 3.36. The maximum Gasteiger partial charge on any atom is 0.339 e. The van der Waals surface area contributed by atoms with Gasteiger partial charge in [0.15, 0.2) is 9.84 Å². The summed E-state index contributed by atoms with van der Waals surface area (Å²) in [6.45, 7) is 2.00. The summed E-state index contributed by atoms with van der Waals surface area (Å²) in [7, 11) is -3.37. The van der Waals surface area contributed by atoms with E-state index in [-0.39, 0.29) is 40.7 Å². The van der Waals surface area contributed by atoms with Gasteiger partial charge in [0, 0.05) is 0 Å². The number of aryl methyl sites for hydroxylation is 1. The number of sulfone groups is 1. The molecule has 0 amide bonds. The Hall–Kier alpha value is -2.54. The van der Waals surface area contributed by atoms with E-state index in [0.29, 0.717) is 0 Å². The number of carboxylic acids is 1. The van der Waals surface area contributed by atoms with Gasteiger partial charge in [-0.25, -0.2) is 13.2 Å². The Morgan fingerprint density at radius 2 is 1.79 bits per heavy atom. The zero-order valence-electron chi connectivity index (χ0n) is 13.1. The zero-order valence-corrected chi connectivity index (χ0v) is 13.9. The Labute approximate surface area is 140 Å². The molecule has 0 fully saturated rings. The topological polar surface area (TPSA) is 101 Å². The largest absolute Gasteiger partial charge is 0.507 e. The Morgan fingerprint density at radius 3 is 2.42 bits per heavy atom. The average Bonchev–Trinajstić information content (AvgIpc) is 2.53. The van der Waals surface area contributed by atoms with Gasteiger partial charge in [0.25, 0.3) is 0 Å². The molecule has 128 valence electrons. The summed E-state index contributed by atoms with van der Waals surface area (Å²) in [5.41, 5.74) is 0.721. The first-order chi connectivity index (χ1) is 11.3. The average molecular weight is 350 g/mol. The minimum absolute atomic E-state index is 0.0695. The van der Waals surface area contributed by atoms with E-state index in [2.05, 4.69) is 0 Å². The second-order valence-electron chi connectivity index (χ2n) is 5.32. The number of carbonyl (C=O) groups is 1. The van der Waals surface area contributed by atoms with Crippen molar-refractivity contribution in [1.82, 2.24) is 0 Å². The number of phenols is 1. The minimum Gasteiger partial charge on any atom is -0.507 e. The van der Waals surface area contributed by atoms with Crippen LogP contribution in [0.3, 0.4) is 0 Å². The van der Waals surface area contributed by atoms with Gasteiger partial charge < -0.3 is 14.9 Å². The van der Waals surface area contributed by atoms with Gasteiger partial charge in [0.2, 0.25) is 0 Å². The second kappa shape index (κ2) is 7.35. The molecular weight excluding hydrogens is 332 g/mol. The number of benzene rings is 2. The van der Waals surface area contributed by atoms with Crippen LogP contribution in [-0.4, -0.2) is 37.0 Å². The van der Waals surface area contributed by atoms with Crippen LogP contribution in [0.1, 0.15) is 22.3 Å². The van der Waals surface area contributed by atoms with E-state index < -0.39 is 15.8 Å². The predicted molar refractivity (Wildman–Crippen MR) is 88.4 cm³/mol. The number of hydrogen-bond acceptors (Lipinski definition) is 5. The molecule has 0 bridgehead atoms. The number of carboxylic acid groups (broad SMARTS) is 1. The Kier molecular flexibility index (Phi) is 5.46. The second-order valence-corrected chi connectivity index (χ2v) is 7.43. The van der Waals surface area contributed by atoms with E-state index in [9.17, 15) is 18.3 Å². The van der Waals surface area contributed by atoms with Gasteiger partial charge in [-0.3, -0.25) is 0 Å². The van der Waals surface area contributed by atoms with E-state index in [4.69, 9.17) is 9.84 Å². The molecule has 2 rings (SSSR count). The molecule has 0 spiro atoms. The monoisotopic (exact) mass is 350 g/mol. The summed E-state index contributed by atoms with van der Waals surface area (Å²) < 4.78 is 29.7. The Morgan fingerprint density at radius 1 is 1.12 bits per heavy atom. The molecule has 0 aliphatic rings. The van der Waals surface area contributed by atoms with Crippen molar-refractivity contribution in [1.29, 1.82) is 0 Å². The van der Waals surface area contributed by atoms with E-state index >= 15 is 0 Å². The third-order valence-corrected chi connectivity index (χ3v) is 5.22. The van der Waals surface area contributed by atoms with Crippen LogP contribution in [0.5, 0.6) is 11.5 Å². The predicted octanol–water partition coefficient (Wildman–Crippen LogP) is 2.64. The van der Waals surface area contributed by atoms with Crippen LogP contribution in [-0.2, 0) is 9.84 Å². The van der Waals surface area contributed by atoms with Crippen molar-refractivity contribution >= 4 is 15.8 Å². The van der Waals surface area contributed by atoms with Crippen molar-refractivity contribution in [2.45, 2.75) is 18.2 Å². The molecule has 0 radical (unpaired) electrons. The van der Waals surface area contributed by atoms with E-state index in [1.807, 2.05) is 6.92 Å². The van der Waals surface area contributed by atoms with Crippen molar-refractivity contribution in [3.63, 3.8) is 0 Å². The molecule has 0 aliphatic heterocycles. The van der Waals surface area contributed by atoms with Gasteiger partial charge in [0.1, 0.15) is 17.1 Å². The lowest BCUT2D eigenvalue weighted by molar-refractivity contribution is 0.0693. The molecule has 2 aromatic carbocycles. The molecule has 0 atom stereocenters. The van der Waals surface area contributed by atoms with Crippen LogP contribution in [0.25, 0.3) is 0 Å². The summed E-state index contributed by atoms with van der Waals surface area (Å²) in [6.07, 6.45) is 0.263. The van der Waals surface area contributed by atoms with Gasteiger partial charge in [-0.2, -0.15) is 0 Å². The summed E-state index contributed by atoms with van der Waals surface area (Å²) in [5.74, 6) is -1.42. The van der Waals surface area contributed by atoms with Crippen LogP contribution >= 0.6 is 0 Å². The fourth-order valence-electron chi connectivity index (χ4n) is 2.08. The van der Waals surface area contributed by atoms with Crippen molar-refractivity contribution in [3.05, 3.63) is 53.6 Å². The van der Waals surface area contributed by atoms with E-state index in [0.717, 1.165) is 5.56 Å². The molecule has 7 heteroatoms. The van der Waals surface area contributed by atoms with Crippen LogP contribution in [0, 0.1) is 6.92 Å². The summed E-state index contributed by atoms with van der Waals surface area (Å²) in [4.78, 5) is 11.2. The maximum absolute atomic E-state index is 12.2. The molecule has 2 aromatic rings. The molecule has 6 nitrogen and oxygen atoms in total. The molecule has 0 aromatic heterocycles. The maximum atomic E-state index is 12.2. The SMILES string of the molecule is Cc1ccc(S(=O)(=O)CCCOc2ccc(O)c(C(=O)O)c2)cc1. The molecule has 0 heterocycles. The highest BCUT2D eigenvalue weighted by molar-refractivity contribution is 7.91. The Bertz CT molecular complexity index is 825. The van der Waals surface area contributed by atoms with Crippen molar-refractivity contribution < 1.29 is 28.2 Å². The summed E-state index contributed by atoms with van der Waals surface area (Å²) in [5, 5.41) is 18.3. The highest BCUT2D eigenvalue weighted by Crippen LogP contribution is 2.23. The van der Waals surface area contributed by atoms with E-state index in [1.54, 1.807) is 24.3 Å². The molecule has 24 heavy (non-hydrogen) atoms. The number of aromatic carboxylic acids is 1. The zero-order chi connectivity index (χ0) is 17.7. The quantitative estimate of drug-likeness (QED) is 0.745. The minimum atomic E-state index is -3.37. The molecule has 2 N–H and O–H groups in total. The van der Waals surface area contributed by atoms with Crippen LogP contribution in [0.15, 0.2) is 47.4 Å². The first-order valence-electron chi connectivity index (χ1n) is 7.28. The van der Waals surface area contributed by atoms with Crippen LogP contribution < -0.4 is 4.74 Å². The lowest BCUT2D eigenvalue weighted by atomic mass is 10.2. The Balaban J connectivity index is 1.92. The van der Waals surface area contributed by atoms with Crippen molar-refractivity contribution in [2.75, 3.05) is 12.4 Å². The van der Waals surface area contributed by atoms with Gasteiger partial charge in [0.05, 0.1) is 17.3 Å². The lowest BCUT2D eigenvalue weighted by Gasteiger charge is -2.08. The van der Waals surface area contributed by atoms with Crippen LogP contribution in [0.4, 0.5) is 0 Å². The highest BCUT2D eigenvalue weighted by atomic mass is 32.2. The van der Waals surface area contributed by atoms with Crippen molar-refractivity contribution in [2.24, 2.45) is 0 Å². The molecule has 0 aliphatic carbocycles. The lowest BCUT2D eigenvalue weighted by Crippen LogP contribution is -2.10. The van der Waals surface area contributed by atoms with Gasteiger partial charge in [-0.15, -0.1) is 0 Å². The van der Waals surface area contributed by atoms with Gasteiger partial charge in [-0.1, -0.05) is 17.7 Å². The number of rotatable bonds is 7. The normalized spacial score (nSPS) is 11.2. The first-order valence-corrected chi connectivity index (χ1v) is 8.93. The molecule has 0 saturated carbocycles. The third kappa shape index (κ3) is 4.48. The van der Waals surface area contributed by atoms with Gasteiger partial charge >= 0.3 is 5.97 Å². The fraction of sp³-hybridized carbons (Fsp3) is 0.235. The number of ether oxygens (including phenoxy) is 1. The first kappa shape index (κ1) is 17.8. The number of hydrogen-bond donors (Lipinski definition) is 2.